The van der Waals surface area contributed by atoms with Gasteiger partial charge in [0, 0.05) is 26.6 Å². The van der Waals surface area contributed by atoms with Gasteiger partial charge in [0.05, 0.1) is 16.7 Å². The Morgan fingerprint density at radius 2 is 1.57 bits per heavy atom. The van der Waals surface area contributed by atoms with Crippen LogP contribution in [0, 0.1) is 11.8 Å². The van der Waals surface area contributed by atoms with Crippen molar-refractivity contribution >= 4 is 64.9 Å². The molecule has 3 fully saturated rings. The molecule has 1 saturated carbocycles. The Kier molecular flexibility index (Phi) is 16.5. The molecule has 16 heteroatoms. The van der Waals surface area contributed by atoms with Crippen LogP contribution in [0.25, 0.3) is 0 Å². The Labute approximate surface area is 327 Å². The van der Waals surface area contributed by atoms with Gasteiger partial charge in [0.2, 0.25) is 29.4 Å². The molecule has 2 aliphatic heterocycles. The molecule has 0 aromatic heterocycles. The number of rotatable bonds is 16. The van der Waals surface area contributed by atoms with Crippen molar-refractivity contribution in [3.05, 3.63) is 35.9 Å². The van der Waals surface area contributed by atoms with Crippen LogP contribution in [0.4, 0.5) is 4.79 Å². The largest absolute Gasteiger partial charge is 0.357 e. The summed E-state index contributed by atoms with van der Waals surface area (Å²) in [7, 11) is 1.44. The Bertz CT molecular complexity index is 1490. The lowest BCUT2D eigenvalue weighted by Gasteiger charge is -2.35. The van der Waals surface area contributed by atoms with Gasteiger partial charge >= 0.3 is 6.03 Å². The molecule has 2 saturated heterocycles. The molecule has 54 heavy (non-hydrogen) atoms. The molecule has 6 N–H and O–H groups in total. The Balaban J connectivity index is 1.47. The third-order valence-electron chi connectivity index (χ3n) is 10.0. The lowest BCUT2D eigenvalue weighted by Crippen LogP contribution is -2.59. The smallest absolute Gasteiger partial charge is 0.315 e. The fourth-order valence-electron chi connectivity index (χ4n) is 7.18. The number of nitrogens with one attached hydrogen (secondary N) is 6. The van der Waals surface area contributed by atoms with Gasteiger partial charge in [-0.2, -0.15) is 0 Å². The molecule has 1 spiro atoms. The van der Waals surface area contributed by atoms with Crippen molar-refractivity contribution in [1.29, 1.82) is 0 Å². The van der Waals surface area contributed by atoms with Crippen LogP contribution in [0.2, 0.25) is 0 Å². The number of urea groups is 1. The summed E-state index contributed by atoms with van der Waals surface area (Å²) < 4.78 is -0.409. The molecule has 4 rings (SSSR count). The number of carbonyl (C=O) groups excluding carboxylic acids is 7. The Hall–Kier alpha value is -3.79. The summed E-state index contributed by atoms with van der Waals surface area (Å²) in [6.07, 6.45) is 6.57. The van der Waals surface area contributed by atoms with E-state index < -0.39 is 70.2 Å². The number of nitrogens with zero attached hydrogens (tertiary/aromatic N) is 1. The third kappa shape index (κ3) is 11.9. The number of Topliss-reactive ketones (excluding diaryl/α,β-unsaturated/α-hetero) is 1. The van der Waals surface area contributed by atoms with Crippen LogP contribution in [0.15, 0.2) is 30.3 Å². The molecule has 1 aromatic rings. The quantitative estimate of drug-likeness (QED) is 0.137. The zero-order valence-electron chi connectivity index (χ0n) is 31.9. The van der Waals surface area contributed by atoms with E-state index in [1.165, 1.54) is 7.05 Å². The second kappa shape index (κ2) is 20.8. The second-order valence-electron chi connectivity index (χ2n) is 14.7. The van der Waals surface area contributed by atoms with Crippen LogP contribution in [-0.2, 0) is 28.8 Å². The van der Waals surface area contributed by atoms with Crippen molar-refractivity contribution in [1.82, 2.24) is 36.8 Å². The second-order valence-corrected chi connectivity index (χ2v) is 17.9. The molecule has 0 bridgehead atoms. The molecule has 1 aromatic carbocycles. The van der Waals surface area contributed by atoms with E-state index in [9.17, 15) is 33.6 Å². The number of hydrogen-bond acceptors (Lipinski definition) is 9. The molecule has 3 unspecified atom stereocenters. The number of benzene rings is 1. The van der Waals surface area contributed by atoms with Crippen LogP contribution in [0.1, 0.15) is 90.2 Å². The zero-order valence-corrected chi connectivity index (χ0v) is 33.5. The Morgan fingerprint density at radius 1 is 0.889 bits per heavy atom. The van der Waals surface area contributed by atoms with Gasteiger partial charge in [0.15, 0.2) is 0 Å². The van der Waals surface area contributed by atoms with E-state index in [-0.39, 0.29) is 24.2 Å². The predicted octanol–water partition coefficient (Wildman–Crippen LogP) is 2.63. The molecule has 7 amide bonds. The van der Waals surface area contributed by atoms with Crippen molar-refractivity contribution in [2.75, 3.05) is 38.2 Å². The topological polar surface area (TPSA) is 195 Å². The maximum atomic E-state index is 14.6. The first-order valence-corrected chi connectivity index (χ1v) is 21.2. The summed E-state index contributed by atoms with van der Waals surface area (Å²) in [5.74, 6) is -2.01. The zero-order chi connectivity index (χ0) is 39.3. The fraction of sp³-hybridized carbons (Fsp3) is 0.658. The van der Waals surface area contributed by atoms with Crippen LogP contribution >= 0.6 is 23.5 Å². The van der Waals surface area contributed by atoms with E-state index in [4.69, 9.17) is 0 Å². The summed E-state index contributed by atoms with van der Waals surface area (Å²) in [5, 5.41) is 16.1. The lowest BCUT2D eigenvalue weighted by molar-refractivity contribution is -0.143. The van der Waals surface area contributed by atoms with E-state index in [1.807, 2.05) is 20.8 Å². The summed E-state index contributed by atoms with van der Waals surface area (Å²) in [4.78, 5) is 95.3. The van der Waals surface area contributed by atoms with Crippen molar-refractivity contribution in [2.24, 2.45) is 11.8 Å². The number of ketones is 1. The average molecular weight is 788 g/mol. The van der Waals surface area contributed by atoms with Gasteiger partial charge in [0.25, 0.3) is 5.91 Å². The molecule has 2 heterocycles. The van der Waals surface area contributed by atoms with Crippen LogP contribution in [0.3, 0.4) is 0 Å². The molecule has 4 atom stereocenters. The molecular weight excluding hydrogens is 731 g/mol. The number of likely N-dealkylation sites (tertiary alicyclic amines) is 1. The van der Waals surface area contributed by atoms with Gasteiger partial charge in [-0.25, -0.2) is 4.79 Å². The maximum Gasteiger partial charge on any atom is 0.315 e. The average Bonchev–Trinajstić information content (AvgIpc) is 3.55. The standard InChI is InChI=1S/C38H57N7O7S2/c1-5-13-27(32(47)35(50)40-22-29(46)43-30(34(49)39-4)25-14-8-6-9-15-25)42-33(48)28-20-38(53-18-12-19-54-38)23-45(28)36(51)31(26-16-10-7-11-17-26)44-37(52)41-21-24(2)3/h6,8-9,14-15,24,26-28,30-31H,5,7,10-13,16-23H2,1-4H3,(H,39,49)(H,40,50)(H,42,48)(H,43,46)(H2,41,44,52)/t27?,28-,30?,31?/m0/s1. The van der Waals surface area contributed by atoms with Gasteiger partial charge in [0.1, 0.15) is 18.1 Å². The number of amides is 7. The highest BCUT2D eigenvalue weighted by molar-refractivity contribution is 8.18. The summed E-state index contributed by atoms with van der Waals surface area (Å²) in [6.45, 7) is 6.01. The number of likely N-dealkylation sites (N-methyl/N-ethyl adjacent to an activating group) is 1. The minimum Gasteiger partial charge on any atom is -0.357 e. The first-order chi connectivity index (χ1) is 25.9. The highest BCUT2D eigenvalue weighted by Gasteiger charge is 2.52. The number of hydrogen-bond donors (Lipinski definition) is 6. The molecule has 14 nitrogen and oxygen atoms in total. The first-order valence-electron chi connectivity index (χ1n) is 19.2. The van der Waals surface area contributed by atoms with Crippen molar-refractivity contribution in [2.45, 2.75) is 107 Å². The van der Waals surface area contributed by atoms with E-state index >= 15 is 0 Å². The van der Waals surface area contributed by atoms with E-state index in [0.29, 0.717) is 31.5 Å². The van der Waals surface area contributed by atoms with Gasteiger partial charge in [-0.15, -0.1) is 23.5 Å². The normalized spacial score (nSPS) is 19.9. The number of thioether (sulfide) groups is 2. The maximum absolute atomic E-state index is 14.6. The van der Waals surface area contributed by atoms with E-state index in [0.717, 1.165) is 50.0 Å². The van der Waals surface area contributed by atoms with Crippen molar-refractivity contribution in [3.63, 3.8) is 0 Å². The minimum atomic E-state index is -1.19. The van der Waals surface area contributed by atoms with Gasteiger partial charge < -0.3 is 36.8 Å². The van der Waals surface area contributed by atoms with E-state index in [1.54, 1.807) is 58.8 Å². The Morgan fingerprint density at radius 3 is 2.20 bits per heavy atom. The molecule has 298 valence electrons. The summed E-state index contributed by atoms with van der Waals surface area (Å²) in [6, 6.07) is 4.27. The van der Waals surface area contributed by atoms with Crippen molar-refractivity contribution in [3.8, 4) is 0 Å². The van der Waals surface area contributed by atoms with Crippen LogP contribution in [0.5, 0.6) is 0 Å². The van der Waals surface area contributed by atoms with E-state index in [2.05, 4.69) is 31.9 Å². The van der Waals surface area contributed by atoms with Crippen LogP contribution < -0.4 is 31.9 Å². The highest BCUT2D eigenvalue weighted by Crippen LogP contribution is 2.50. The highest BCUT2D eigenvalue weighted by atomic mass is 32.2. The minimum absolute atomic E-state index is 0.0717. The summed E-state index contributed by atoms with van der Waals surface area (Å²) in [5.41, 5.74) is 0.541. The van der Waals surface area contributed by atoms with Gasteiger partial charge in [-0.1, -0.05) is 76.8 Å². The third-order valence-corrected chi connectivity index (χ3v) is 13.4. The number of carbonyl (C=O) groups is 7. The monoisotopic (exact) mass is 787 g/mol. The fourth-order valence-corrected chi connectivity index (χ4v) is 10.5. The van der Waals surface area contributed by atoms with Gasteiger partial charge in [-0.3, -0.25) is 28.8 Å². The molecular formula is C38H57N7O7S2. The molecule has 3 aliphatic rings. The predicted molar refractivity (Wildman–Crippen MR) is 210 cm³/mol. The first kappa shape index (κ1) is 42.9. The SMILES string of the molecule is CCCC(NC(=O)[C@@H]1CC2(CN1C(=O)C(NC(=O)NCC(C)C)C1CCCCC1)SCCCS2)C(=O)C(=O)NCC(=O)NC(C(=O)NC)c1ccccc1. The van der Waals surface area contributed by atoms with Gasteiger partial charge in [-0.05, 0) is 54.6 Å². The summed E-state index contributed by atoms with van der Waals surface area (Å²) >= 11 is 3.48. The molecule has 1 aliphatic carbocycles. The molecule has 0 radical (unpaired) electrons. The van der Waals surface area contributed by atoms with Crippen LogP contribution in [-0.4, -0.2) is 107 Å². The lowest BCUT2D eigenvalue weighted by atomic mass is 9.83. The van der Waals surface area contributed by atoms with Crippen molar-refractivity contribution < 1.29 is 33.6 Å².